The van der Waals surface area contributed by atoms with Crippen molar-refractivity contribution in [3.8, 4) is 0 Å². The van der Waals surface area contributed by atoms with Gasteiger partial charge >= 0.3 is 0 Å². The van der Waals surface area contributed by atoms with Crippen molar-refractivity contribution in [2.45, 2.75) is 26.5 Å². The van der Waals surface area contributed by atoms with E-state index in [1.807, 2.05) is 32.0 Å². The lowest BCUT2D eigenvalue weighted by Crippen LogP contribution is -2.29. The topological polar surface area (TPSA) is 47.6 Å². The molecular formula is C12H16BrClN2O. The lowest BCUT2D eigenvalue weighted by atomic mass is 10.2. The van der Waals surface area contributed by atoms with Crippen LogP contribution >= 0.6 is 27.5 Å². The van der Waals surface area contributed by atoms with Crippen LogP contribution in [0, 0.1) is 0 Å². The van der Waals surface area contributed by atoms with Crippen LogP contribution in [-0.2, 0) is 11.3 Å². The summed E-state index contributed by atoms with van der Waals surface area (Å²) < 4.78 is 6.33. The van der Waals surface area contributed by atoms with Crippen molar-refractivity contribution in [2.24, 2.45) is 10.7 Å². The Bertz CT molecular complexity index is 409. The highest BCUT2D eigenvalue weighted by Crippen LogP contribution is 2.21. The summed E-state index contributed by atoms with van der Waals surface area (Å²) in [5.41, 5.74) is 6.82. The Morgan fingerprint density at radius 1 is 1.59 bits per heavy atom. The Morgan fingerprint density at radius 2 is 2.29 bits per heavy atom. The molecule has 0 bridgehead atoms. The molecule has 2 N–H and O–H groups in total. The van der Waals surface area contributed by atoms with Gasteiger partial charge in [0.25, 0.3) is 0 Å². The summed E-state index contributed by atoms with van der Waals surface area (Å²) in [6, 6.07) is 5.59. The minimum absolute atomic E-state index is 0.155. The van der Waals surface area contributed by atoms with Crippen LogP contribution in [0.25, 0.3) is 0 Å². The van der Waals surface area contributed by atoms with Crippen molar-refractivity contribution >= 4 is 33.4 Å². The SMILES string of the molecule is CCOC(C)C(N)=NCc1cc(Cl)ccc1Br. The number of ether oxygens (including phenoxy) is 1. The molecule has 0 aliphatic rings. The summed E-state index contributed by atoms with van der Waals surface area (Å²) in [6.45, 7) is 4.93. The molecule has 1 rings (SSSR count). The monoisotopic (exact) mass is 318 g/mol. The van der Waals surface area contributed by atoms with Crippen LogP contribution < -0.4 is 5.73 Å². The highest BCUT2D eigenvalue weighted by Gasteiger charge is 2.06. The van der Waals surface area contributed by atoms with Gasteiger partial charge in [0.2, 0.25) is 0 Å². The maximum Gasteiger partial charge on any atom is 0.123 e. The van der Waals surface area contributed by atoms with Crippen LogP contribution in [0.4, 0.5) is 0 Å². The zero-order valence-electron chi connectivity index (χ0n) is 9.91. The summed E-state index contributed by atoms with van der Waals surface area (Å²) in [6.07, 6.45) is -0.155. The van der Waals surface area contributed by atoms with Gasteiger partial charge in [-0.15, -0.1) is 0 Å². The fourth-order valence-corrected chi connectivity index (χ4v) is 1.87. The minimum Gasteiger partial charge on any atom is -0.385 e. The molecular weight excluding hydrogens is 304 g/mol. The first-order valence-corrected chi connectivity index (χ1v) is 6.57. The molecule has 17 heavy (non-hydrogen) atoms. The fourth-order valence-electron chi connectivity index (χ4n) is 1.30. The standard InChI is InChI=1S/C12H16BrClN2O/c1-3-17-8(2)12(15)16-7-9-6-10(14)4-5-11(9)13/h4-6,8H,3,7H2,1-2H3,(H2,15,16). The van der Waals surface area contributed by atoms with Gasteiger partial charge in [-0.3, -0.25) is 4.99 Å². The van der Waals surface area contributed by atoms with Crippen molar-refractivity contribution in [2.75, 3.05) is 6.61 Å². The van der Waals surface area contributed by atoms with Gasteiger partial charge in [0.1, 0.15) is 11.9 Å². The summed E-state index contributed by atoms with van der Waals surface area (Å²) in [5, 5.41) is 0.690. The maximum atomic E-state index is 5.92. The molecule has 0 saturated heterocycles. The van der Waals surface area contributed by atoms with Crippen LogP contribution in [-0.4, -0.2) is 18.5 Å². The van der Waals surface area contributed by atoms with E-state index < -0.39 is 0 Å². The first-order chi connectivity index (χ1) is 8.04. The van der Waals surface area contributed by atoms with Gasteiger partial charge in [0, 0.05) is 16.1 Å². The molecule has 0 fully saturated rings. The van der Waals surface area contributed by atoms with E-state index in [1.54, 1.807) is 0 Å². The summed E-state index contributed by atoms with van der Waals surface area (Å²) in [7, 11) is 0. The predicted molar refractivity (Wildman–Crippen MR) is 75.6 cm³/mol. The van der Waals surface area contributed by atoms with E-state index in [-0.39, 0.29) is 6.10 Å². The number of benzene rings is 1. The van der Waals surface area contributed by atoms with Crippen molar-refractivity contribution < 1.29 is 4.74 Å². The Kier molecular flexibility index (Phi) is 5.95. The number of hydrogen-bond donors (Lipinski definition) is 1. The summed E-state index contributed by atoms with van der Waals surface area (Å²) in [4.78, 5) is 4.30. The first kappa shape index (κ1) is 14.5. The molecule has 0 amide bonds. The number of amidine groups is 1. The van der Waals surface area contributed by atoms with E-state index >= 15 is 0 Å². The van der Waals surface area contributed by atoms with E-state index in [1.165, 1.54) is 0 Å². The molecule has 0 aliphatic heterocycles. The molecule has 0 aromatic heterocycles. The number of nitrogens with two attached hydrogens (primary N) is 1. The third-order valence-corrected chi connectivity index (χ3v) is 3.28. The smallest absolute Gasteiger partial charge is 0.123 e. The van der Waals surface area contributed by atoms with Gasteiger partial charge in [-0.25, -0.2) is 0 Å². The normalized spacial score (nSPS) is 13.8. The highest BCUT2D eigenvalue weighted by molar-refractivity contribution is 9.10. The van der Waals surface area contributed by atoms with E-state index in [2.05, 4.69) is 20.9 Å². The van der Waals surface area contributed by atoms with Gasteiger partial charge in [-0.05, 0) is 37.6 Å². The second kappa shape index (κ2) is 6.99. The predicted octanol–water partition coefficient (Wildman–Crippen LogP) is 3.38. The molecule has 1 atom stereocenters. The molecule has 1 unspecified atom stereocenters. The average molecular weight is 320 g/mol. The third-order valence-electron chi connectivity index (χ3n) is 2.27. The maximum absolute atomic E-state index is 5.92. The van der Waals surface area contributed by atoms with E-state index in [9.17, 15) is 0 Å². The minimum atomic E-state index is -0.155. The van der Waals surface area contributed by atoms with Crippen molar-refractivity contribution in [1.29, 1.82) is 0 Å². The molecule has 0 heterocycles. The zero-order chi connectivity index (χ0) is 12.8. The quantitative estimate of drug-likeness (QED) is 0.668. The van der Waals surface area contributed by atoms with E-state index in [4.69, 9.17) is 22.1 Å². The van der Waals surface area contributed by atoms with Crippen LogP contribution in [0.3, 0.4) is 0 Å². The summed E-state index contributed by atoms with van der Waals surface area (Å²) >= 11 is 9.37. The number of nitrogens with zero attached hydrogens (tertiary/aromatic N) is 1. The van der Waals surface area contributed by atoms with Gasteiger partial charge in [0.05, 0.1) is 6.54 Å². The summed E-state index contributed by atoms with van der Waals surface area (Å²) in [5.74, 6) is 0.499. The molecule has 0 saturated carbocycles. The van der Waals surface area contributed by atoms with Gasteiger partial charge in [-0.2, -0.15) is 0 Å². The van der Waals surface area contributed by atoms with E-state index in [0.29, 0.717) is 24.0 Å². The van der Waals surface area contributed by atoms with Gasteiger partial charge < -0.3 is 10.5 Å². The van der Waals surface area contributed by atoms with Crippen molar-refractivity contribution in [3.63, 3.8) is 0 Å². The van der Waals surface area contributed by atoms with Crippen LogP contribution in [0.1, 0.15) is 19.4 Å². The van der Waals surface area contributed by atoms with Crippen molar-refractivity contribution in [3.05, 3.63) is 33.3 Å². The Labute approximate surface area is 115 Å². The lowest BCUT2D eigenvalue weighted by molar-refractivity contribution is 0.121. The second-order valence-corrected chi connectivity index (χ2v) is 4.87. The molecule has 94 valence electrons. The number of aliphatic imine (C=N–C) groups is 1. The Morgan fingerprint density at radius 3 is 2.94 bits per heavy atom. The molecule has 0 spiro atoms. The number of rotatable bonds is 5. The van der Waals surface area contributed by atoms with Crippen LogP contribution in [0.5, 0.6) is 0 Å². The fraction of sp³-hybridized carbons (Fsp3) is 0.417. The largest absolute Gasteiger partial charge is 0.385 e. The molecule has 0 aliphatic carbocycles. The first-order valence-electron chi connectivity index (χ1n) is 5.40. The zero-order valence-corrected chi connectivity index (χ0v) is 12.3. The number of halogens is 2. The van der Waals surface area contributed by atoms with Crippen LogP contribution in [0.2, 0.25) is 5.02 Å². The van der Waals surface area contributed by atoms with Gasteiger partial charge in [-0.1, -0.05) is 27.5 Å². The lowest BCUT2D eigenvalue weighted by Gasteiger charge is -2.11. The average Bonchev–Trinajstić information content (AvgIpc) is 2.30. The van der Waals surface area contributed by atoms with E-state index in [0.717, 1.165) is 10.0 Å². The molecule has 1 aromatic rings. The molecule has 1 aromatic carbocycles. The molecule has 3 nitrogen and oxygen atoms in total. The van der Waals surface area contributed by atoms with Crippen molar-refractivity contribution in [1.82, 2.24) is 0 Å². The molecule has 0 radical (unpaired) electrons. The second-order valence-electron chi connectivity index (χ2n) is 3.57. The van der Waals surface area contributed by atoms with Crippen LogP contribution in [0.15, 0.2) is 27.7 Å². The third kappa shape index (κ3) is 4.66. The molecule has 5 heteroatoms. The Hall–Kier alpha value is -0.580. The van der Waals surface area contributed by atoms with Gasteiger partial charge in [0.15, 0.2) is 0 Å². The Balaban J connectivity index is 2.71. The number of hydrogen-bond acceptors (Lipinski definition) is 2. The highest BCUT2D eigenvalue weighted by atomic mass is 79.9.